The summed E-state index contributed by atoms with van der Waals surface area (Å²) >= 11 is 0. The highest BCUT2D eigenvalue weighted by molar-refractivity contribution is 5.81. The fourth-order valence-corrected chi connectivity index (χ4v) is 3.78. The molecule has 0 aliphatic heterocycles. The van der Waals surface area contributed by atoms with Crippen LogP contribution in [-0.2, 0) is 0 Å². The lowest BCUT2D eigenvalue weighted by atomic mass is 9.81. The minimum absolute atomic E-state index is 0.236. The van der Waals surface area contributed by atoms with E-state index in [-0.39, 0.29) is 17.8 Å². The van der Waals surface area contributed by atoms with Crippen LogP contribution in [0.5, 0.6) is 0 Å². The van der Waals surface area contributed by atoms with Crippen molar-refractivity contribution in [3.63, 3.8) is 0 Å². The maximum Gasteiger partial charge on any atom is 0.177 e. The number of hydrogen-bond donors (Lipinski definition) is 3. The zero-order valence-corrected chi connectivity index (χ0v) is 14.7. The Hall–Kier alpha value is -2.67. The van der Waals surface area contributed by atoms with Crippen LogP contribution in [0.3, 0.4) is 0 Å². The zero-order valence-electron chi connectivity index (χ0n) is 14.7. The lowest BCUT2D eigenvalue weighted by Crippen LogP contribution is -2.26. The van der Waals surface area contributed by atoms with E-state index in [1.807, 2.05) is 13.0 Å². The summed E-state index contributed by atoms with van der Waals surface area (Å²) in [6, 6.07) is 5.36. The van der Waals surface area contributed by atoms with Crippen LogP contribution in [0.4, 0.5) is 21.6 Å². The van der Waals surface area contributed by atoms with Crippen LogP contribution in [0.1, 0.15) is 42.7 Å². The van der Waals surface area contributed by atoms with Crippen LogP contribution >= 0.6 is 0 Å². The molecule has 6 nitrogen and oxygen atoms in total. The van der Waals surface area contributed by atoms with Gasteiger partial charge in [0.15, 0.2) is 5.65 Å². The Morgan fingerprint density at radius 2 is 2.00 bits per heavy atom. The van der Waals surface area contributed by atoms with E-state index in [4.69, 9.17) is 11.5 Å². The van der Waals surface area contributed by atoms with Gasteiger partial charge in [-0.1, -0.05) is 6.07 Å². The number of aryl methyl sites for hydroxylation is 1. The molecule has 0 bridgehead atoms. The molecule has 0 unspecified atom stereocenters. The van der Waals surface area contributed by atoms with Crippen molar-refractivity contribution in [2.24, 2.45) is 5.73 Å². The Labute approximate surface area is 151 Å². The van der Waals surface area contributed by atoms with E-state index in [2.05, 4.69) is 15.4 Å². The fourth-order valence-electron chi connectivity index (χ4n) is 3.78. The summed E-state index contributed by atoms with van der Waals surface area (Å²) < 4.78 is 16.1. The van der Waals surface area contributed by atoms with Crippen LogP contribution in [0, 0.1) is 12.7 Å². The molecule has 5 N–H and O–H groups in total. The lowest BCUT2D eigenvalue weighted by Gasteiger charge is -2.28. The van der Waals surface area contributed by atoms with Gasteiger partial charge >= 0.3 is 0 Å². The quantitative estimate of drug-likeness (QED) is 0.669. The van der Waals surface area contributed by atoms with Crippen molar-refractivity contribution in [3.05, 3.63) is 47.5 Å². The van der Waals surface area contributed by atoms with Gasteiger partial charge in [0, 0.05) is 24.0 Å². The summed E-state index contributed by atoms with van der Waals surface area (Å²) in [5.74, 6) is 0.382. The van der Waals surface area contributed by atoms with Gasteiger partial charge in [0.2, 0.25) is 0 Å². The second-order valence-electron chi connectivity index (χ2n) is 7.09. The maximum absolute atomic E-state index is 14.4. The molecule has 26 heavy (non-hydrogen) atoms. The molecule has 0 atom stereocenters. The Balaban J connectivity index is 1.82. The summed E-state index contributed by atoms with van der Waals surface area (Å²) in [7, 11) is 0. The van der Waals surface area contributed by atoms with Crippen LogP contribution in [0.2, 0.25) is 0 Å². The van der Waals surface area contributed by atoms with Gasteiger partial charge in [-0.05, 0) is 56.2 Å². The molecule has 4 rings (SSSR count). The summed E-state index contributed by atoms with van der Waals surface area (Å²) in [6.07, 6.45) is 7.18. The molecule has 0 radical (unpaired) electrons. The van der Waals surface area contributed by atoms with E-state index < -0.39 is 0 Å². The lowest BCUT2D eigenvalue weighted by molar-refractivity contribution is 0.396. The molecule has 0 saturated heterocycles. The van der Waals surface area contributed by atoms with Gasteiger partial charge in [-0.25, -0.2) is 13.9 Å². The minimum Gasteiger partial charge on any atom is -0.382 e. The van der Waals surface area contributed by atoms with Crippen molar-refractivity contribution in [2.45, 2.75) is 44.6 Å². The predicted octanol–water partition coefficient (Wildman–Crippen LogP) is 3.49. The number of nitrogens with one attached hydrogen (secondary N) is 1. The minimum atomic E-state index is -0.304. The topological polar surface area (TPSA) is 94.3 Å². The number of hydrogen-bond acceptors (Lipinski definition) is 5. The standard InChI is InChI=1S/C19H23FN6/c1-11-2-7-15(14(20)10-11)24-17-16(12-3-5-13(21)6-4-12)18(22)25-26-9-8-23-19(17)26/h2,7-10,12-13,24H,3-6,21H2,1H3,(H2,22,25). The van der Waals surface area contributed by atoms with E-state index in [1.54, 1.807) is 23.0 Å². The molecule has 1 fully saturated rings. The van der Waals surface area contributed by atoms with Gasteiger partial charge in [0.1, 0.15) is 11.6 Å². The average Bonchev–Trinajstić information content (AvgIpc) is 3.06. The fraction of sp³-hybridized carbons (Fsp3) is 0.368. The molecule has 136 valence electrons. The largest absolute Gasteiger partial charge is 0.382 e. The van der Waals surface area contributed by atoms with Crippen molar-refractivity contribution in [1.82, 2.24) is 14.6 Å². The smallest absolute Gasteiger partial charge is 0.177 e. The number of benzene rings is 1. The first-order valence-electron chi connectivity index (χ1n) is 8.94. The molecule has 2 aromatic heterocycles. The first kappa shape index (κ1) is 16.8. The maximum atomic E-state index is 14.4. The van der Waals surface area contributed by atoms with Crippen LogP contribution in [0.15, 0.2) is 30.6 Å². The number of nitrogens with zero attached hydrogens (tertiary/aromatic N) is 3. The molecule has 7 heteroatoms. The van der Waals surface area contributed by atoms with Crippen molar-refractivity contribution in [3.8, 4) is 0 Å². The summed E-state index contributed by atoms with van der Waals surface area (Å²) in [4.78, 5) is 4.41. The van der Waals surface area contributed by atoms with Crippen LogP contribution in [0.25, 0.3) is 5.65 Å². The van der Waals surface area contributed by atoms with Crippen LogP contribution in [-0.4, -0.2) is 20.6 Å². The van der Waals surface area contributed by atoms with Gasteiger partial charge in [-0.2, -0.15) is 0 Å². The molecule has 1 aliphatic rings. The number of nitrogens with two attached hydrogens (primary N) is 2. The first-order valence-corrected chi connectivity index (χ1v) is 8.94. The number of aromatic nitrogens is 3. The number of rotatable bonds is 3. The third kappa shape index (κ3) is 2.99. The van der Waals surface area contributed by atoms with Gasteiger partial charge in [0.05, 0.1) is 11.4 Å². The number of anilines is 3. The SMILES string of the molecule is Cc1ccc(Nc2c(C3CCC(N)CC3)c(N)nn3ccnc23)c(F)c1. The molecule has 2 heterocycles. The van der Waals surface area contributed by atoms with Crippen molar-refractivity contribution >= 4 is 22.8 Å². The Morgan fingerprint density at radius 1 is 1.23 bits per heavy atom. The number of fused-ring (bicyclic) bond motifs is 1. The van der Waals surface area contributed by atoms with E-state index in [1.165, 1.54) is 6.07 Å². The van der Waals surface area contributed by atoms with Gasteiger partial charge in [-0.3, -0.25) is 0 Å². The second-order valence-corrected chi connectivity index (χ2v) is 7.09. The number of imidazole rings is 1. The monoisotopic (exact) mass is 354 g/mol. The van der Waals surface area contributed by atoms with E-state index in [0.29, 0.717) is 17.2 Å². The van der Waals surface area contributed by atoms with Crippen molar-refractivity contribution in [1.29, 1.82) is 0 Å². The predicted molar refractivity (Wildman–Crippen MR) is 101 cm³/mol. The summed E-state index contributed by atoms with van der Waals surface area (Å²) in [5, 5.41) is 7.67. The Morgan fingerprint density at radius 3 is 2.73 bits per heavy atom. The highest BCUT2D eigenvalue weighted by Gasteiger charge is 2.27. The highest BCUT2D eigenvalue weighted by Crippen LogP contribution is 2.41. The average molecular weight is 354 g/mol. The molecule has 1 saturated carbocycles. The molecule has 0 amide bonds. The third-order valence-corrected chi connectivity index (χ3v) is 5.17. The normalized spacial score (nSPS) is 20.4. The second kappa shape index (κ2) is 6.57. The molecule has 3 aromatic rings. The zero-order chi connectivity index (χ0) is 18.3. The third-order valence-electron chi connectivity index (χ3n) is 5.17. The van der Waals surface area contributed by atoms with Gasteiger partial charge in [0.25, 0.3) is 0 Å². The summed E-state index contributed by atoms with van der Waals surface area (Å²) in [5.41, 5.74) is 15.9. The number of halogens is 1. The molecule has 1 aromatic carbocycles. The molecular weight excluding hydrogens is 331 g/mol. The van der Waals surface area contributed by atoms with Crippen molar-refractivity contribution < 1.29 is 4.39 Å². The number of nitrogen functional groups attached to an aromatic ring is 1. The van der Waals surface area contributed by atoms with E-state index in [0.717, 1.165) is 42.5 Å². The van der Waals surface area contributed by atoms with Crippen LogP contribution < -0.4 is 16.8 Å². The van der Waals surface area contributed by atoms with E-state index >= 15 is 0 Å². The Kier molecular flexibility index (Phi) is 4.24. The Bertz CT molecular complexity index is 943. The van der Waals surface area contributed by atoms with Gasteiger partial charge < -0.3 is 16.8 Å². The van der Waals surface area contributed by atoms with Gasteiger partial charge in [-0.15, -0.1) is 5.10 Å². The molecular formula is C19H23FN6. The van der Waals surface area contributed by atoms with E-state index in [9.17, 15) is 4.39 Å². The highest BCUT2D eigenvalue weighted by atomic mass is 19.1. The molecule has 1 aliphatic carbocycles. The van der Waals surface area contributed by atoms with Crippen molar-refractivity contribution in [2.75, 3.05) is 11.1 Å². The summed E-state index contributed by atoms with van der Waals surface area (Å²) in [6.45, 7) is 1.86. The first-order chi connectivity index (χ1) is 12.5. The molecule has 0 spiro atoms.